The molecule has 1 nitrogen and oxygen atoms in total. The molecule has 1 atom stereocenters. The molecule has 21 heavy (non-hydrogen) atoms. The SMILES string of the molecule is CNCC(Cc1cccc(F)c1)Cc1cc(Cl)ccc1Cl. The number of rotatable bonds is 6. The van der Waals surface area contributed by atoms with Gasteiger partial charge in [0.2, 0.25) is 0 Å². The van der Waals surface area contributed by atoms with E-state index in [-0.39, 0.29) is 5.82 Å². The van der Waals surface area contributed by atoms with E-state index in [1.165, 1.54) is 6.07 Å². The molecule has 2 aromatic rings. The van der Waals surface area contributed by atoms with Gasteiger partial charge in [0.25, 0.3) is 0 Å². The van der Waals surface area contributed by atoms with E-state index in [1.54, 1.807) is 18.2 Å². The van der Waals surface area contributed by atoms with Gasteiger partial charge in [0, 0.05) is 10.0 Å². The molecule has 0 amide bonds. The van der Waals surface area contributed by atoms with Crippen molar-refractivity contribution in [2.75, 3.05) is 13.6 Å². The second kappa shape index (κ2) is 7.79. The number of hydrogen-bond acceptors (Lipinski definition) is 1. The summed E-state index contributed by atoms with van der Waals surface area (Å²) < 4.78 is 13.3. The van der Waals surface area contributed by atoms with E-state index in [1.807, 2.05) is 25.2 Å². The zero-order chi connectivity index (χ0) is 15.2. The highest BCUT2D eigenvalue weighted by molar-refractivity contribution is 6.33. The maximum absolute atomic E-state index is 13.3. The molecule has 0 aliphatic heterocycles. The van der Waals surface area contributed by atoms with Crippen LogP contribution in [0, 0.1) is 11.7 Å². The first-order valence-electron chi connectivity index (χ1n) is 6.91. The van der Waals surface area contributed by atoms with Crippen LogP contribution in [0.5, 0.6) is 0 Å². The summed E-state index contributed by atoms with van der Waals surface area (Å²) in [7, 11) is 1.91. The lowest BCUT2D eigenvalue weighted by Gasteiger charge is -2.18. The molecule has 112 valence electrons. The first kappa shape index (κ1) is 16.3. The van der Waals surface area contributed by atoms with Gasteiger partial charge in [0.15, 0.2) is 0 Å². The quantitative estimate of drug-likeness (QED) is 0.807. The summed E-state index contributed by atoms with van der Waals surface area (Å²) in [5.41, 5.74) is 2.02. The van der Waals surface area contributed by atoms with Gasteiger partial charge >= 0.3 is 0 Å². The van der Waals surface area contributed by atoms with Crippen LogP contribution in [0.2, 0.25) is 10.0 Å². The van der Waals surface area contributed by atoms with Gasteiger partial charge < -0.3 is 5.32 Å². The minimum absolute atomic E-state index is 0.198. The first-order chi connectivity index (χ1) is 10.1. The third-order valence-corrected chi connectivity index (χ3v) is 4.03. The van der Waals surface area contributed by atoms with Gasteiger partial charge in [-0.15, -0.1) is 0 Å². The van der Waals surface area contributed by atoms with Crippen molar-refractivity contribution in [3.8, 4) is 0 Å². The number of nitrogens with one attached hydrogen (secondary N) is 1. The highest BCUT2D eigenvalue weighted by Crippen LogP contribution is 2.24. The van der Waals surface area contributed by atoms with Crippen LogP contribution in [-0.4, -0.2) is 13.6 Å². The molecular weight excluding hydrogens is 308 g/mol. The van der Waals surface area contributed by atoms with E-state index in [2.05, 4.69) is 5.32 Å². The third-order valence-electron chi connectivity index (χ3n) is 3.42. The largest absolute Gasteiger partial charge is 0.319 e. The van der Waals surface area contributed by atoms with Crippen LogP contribution >= 0.6 is 23.2 Å². The summed E-state index contributed by atoms with van der Waals surface area (Å²) in [6, 6.07) is 12.2. The monoisotopic (exact) mass is 325 g/mol. The zero-order valence-corrected chi connectivity index (χ0v) is 13.4. The van der Waals surface area contributed by atoms with Crippen LogP contribution in [0.15, 0.2) is 42.5 Å². The van der Waals surface area contributed by atoms with Crippen LogP contribution in [0.1, 0.15) is 11.1 Å². The van der Waals surface area contributed by atoms with E-state index in [0.29, 0.717) is 10.9 Å². The molecule has 0 aromatic heterocycles. The Morgan fingerprint density at radius 2 is 1.90 bits per heavy atom. The predicted molar refractivity (Wildman–Crippen MR) is 87.7 cm³/mol. The van der Waals surface area contributed by atoms with Gasteiger partial charge in [-0.2, -0.15) is 0 Å². The summed E-state index contributed by atoms with van der Waals surface area (Å²) >= 11 is 12.3. The molecule has 4 heteroatoms. The van der Waals surface area contributed by atoms with Crippen molar-refractivity contribution in [1.29, 1.82) is 0 Å². The zero-order valence-electron chi connectivity index (χ0n) is 11.9. The van der Waals surface area contributed by atoms with E-state index in [9.17, 15) is 4.39 Å². The van der Waals surface area contributed by atoms with Crippen molar-refractivity contribution < 1.29 is 4.39 Å². The summed E-state index contributed by atoms with van der Waals surface area (Å²) in [5.74, 6) is 0.129. The van der Waals surface area contributed by atoms with Gasteiger partial charge in [-0.3, -0.25) is 0 Å². The Morgan fingerprint density at radius 3 is 2.62 bits per heavy atom. The molecule has 0 bridgehead atoms. The Morgan fingerprint density at radius 1 is 1.10 bits per heavy atom. The molecule has 0 radical (unpaired) electrons. The second-order valence-corrected chi connectivity index (χ2v) is 6.04. The topological polar surface area (TPSA) is 12.0 Å². The van der Waals surface area contributed by atoms with Crippen molar-refractivity contribution in [3.05, 3.63) is 69.5 Å². The molecule has 0 saturated heterocycles. The summed E-state index contributed by atoms with van der Waals surface area (Å²) in [6.07, 6.45) is 1.60. The van der Waals surface area contributed by atoms with Crippen molar-refractivity contribution >= 4 is 23.2 Å². The van der Waals surface area contributed by atoms with Crippen molar-refractivity contribution in [2.45, 2.75) is 12.8 Å². The molecule has 0 saturated carbocycles. The lowest BCUT2D eigenvalue weighted by atomic mass is 9.92. The van der Waals surface area contributed by atoms with E-state index >= 15 is 0 Å². The van der Waals surface area contributed by atoms with Crippen molar-refractivity contribution in [3.63, 3.8) is 0 Å². The van der Waals surface area contributed by atoms with Gasteiger partial charge in [-0.05, 0) is 73.8 Å². The fourth-order valence-corrected chi connectivity index (χ4v) is 2.90. The molecule has 1 unspecified atom stereocenters. The smallest absolute Gasteiger partial charge is 0.123 e. The maximum atomic E-state index is 13.3. The summed E-state index contributed by atoms with van der Waals surface area (Å²) in [4.78, 5) is 0. The average molecular weight is 326 g/mol. The first-order valence-corrected chi connectivity index (χ1v) is 7.67. The highest BCUT2D eigenvalue weighted by Gasteiger charge is 2.13. The van der Waals surface area contributed by atoms with Gasteiger partial charge in [-0.25, -0.2) is 4.39 Å². The van der Waals surface area contributed by atoms with E-state index < -0.39 is 0 Å². The van der Waals surface area contributed by atoms with Gasteiger partial charge in [-0.1, -0.05) is 35.3 Å². The normalized spacial score (nSPS) is 12.4. The molecule has 1 N–H and O–H groups in total. The van der Waals surface area contributed by atoms with E-state index in [4.69, 9.17) is 23.2 Å². The fraction of sp³-hybridized carbons (Fsp3) is 0.294. The number of benzene rings is 2. The molecule has 2 aromatic carbocycles. The summed E-state index contributed by atoms with van der Waals surface area (Å²) in [6.45, 7) is 0.833. The third kappa shape index (κ3) is 4.99. The molecule has 0 aliphatic rings. The number of hydrogen-bond donors (Lipinski definition) is 1. The Hall–Kier alpha value is -1.09. The lowest BCUT2D eigenvalue weighted by Crippen LogP contribution is -2.23. The van der Waals surface area contributed by atoms with Crippen LogP contribution in [-0.2, 0) is 12.8 Å². The lowest BCUT2D eigenvalue weighted by molar-refractivity contribution is 0.492. The summed E-state index contributed by atoms with van der Waals surface area (Å²) in [5, 5.41) is 4.59. The molecule has 0 spiro atoms. The molecule has 0 heterocycles. The van der Waals surface area contributed by atoms with Crippen LogP contribution in [0.25, 0.3) is 0 Å². The Labute approximate surface area is 135 Å². The Kier molecular flexibility index (Phi) is 6.04. The molecular formula is C17H18Cl2FN. The van der Waals surface area contributed by atoms with Crippen LogP contribution in [0.4, 0.5) is 4.39 Å². The number of halogens is 3. The second-order valence-electron chi connectivity index (χ2n) is 5.20. The van der Waals surface area contributed by atoms with Crippen molar-refractivity contribution in [2.24, 2.45) is 5.92 Å². The van der Waals surface area contributed by atoms with Gasteiger partial charge in [0.1, 0.15) is 5.82 Å². The molecule has 0 aliphatic carbocycles. The predicted octanol–water partition coefficient (Wildman–Crippen LogP) is 4.75. The molecule has 2 rings (SSSR count). The minimum atomic E-state index is -0.198. The highest BCUT2D eigenvalue weighted by atomic mass is 35.5. The van der Waals surface area contributed by atoms with Gasteiger partial charge in [0.05, 0.1) is 0 Å². The van der Waals surface area contributed by atoms with Crippen molar-refractivity contribution in [1.82, 2.24) is 5.32 Å². The minimum Gasteiger partial charge on any atom is -0.319 e. The van der Waals surface area contributed by atoms with Crippen LogP contribution in [0.3, 0.4) is 0 Å². The average Bonchev–Trinajstić information content (AvgIpc) is 2.43. The van der Waals surface area contributed by atoms with Crippen LogP contribution < -0.4 is 5.32 Å². The maximum Gasteiger partial charge on any atom is 0.123 e. The molecule has 0 fully saturated rings. The Bertz CT molecular complexity index is 601. The Balaban J connectivity index is 2.13. The van der Waals surface area contributed by atoms with E-state index in [0.717, 1.165) is 35.5 Å². The standard InChI is InChI=1S/C17H18Cl2FN/c1-21-11-13(7-12-3-2-4-16(20)9-12)8-14-10-15(18)5-6-17(14)19/h2-6,9-10,13,21H,7-8,11H2,1H3. The fourth-order valence-electron chi connectivity index (χ4n) is 2.51.